The molecular formula is C32H35N7O2S2. The highest BCUT2D eigenvalue weighted by molar-refractivity contribution is 7.19. The first-order valence-electron chi connectivity index (χ1n) is 15.4. The van der Waals surface area contributed by atoms with Crippen LogP contribution in [0.2, 0.25) is 0 Å². The number of fused-ring (bicyclic) bond motifs is 4. The molecule has 2 aliphatic carbocycles. The van der Waals surface area contributed by atoms with Gasteiger partial charge < -0.3 is 9.30 Å². The van der Waals surface area contributed by atoms with Gasteiger partial charge in [-0.25, -0.2) is 14.6 Å². The minimum atomic E-state index is -0.122. The van der Waals surface area contributed by atoms with E-state index >= 15 is 0 Å². The van der Waals surface area contributed by atoms with Crippen molar-refractivity contribution < 1.29 is 4.74 Å². The van der Waals surface area contributed by atoms with Crippen molar-refractivity contribution >= 4 is 54.8 Å². The first-order chi connectivity index (χ1) is 21.1. The SMILES string of the molecule is Cn1c2nc(Cc3csc(COC4CCC(C5CCCC5)CC4)n3)sc2c2cnn(Cc3cccc4[nH]ncc34)c(=O)c21. The van der Waals surface area contributed by atoms with Crippen molar-refractivity contribution in [2.24, 2.45) is 18.9 Å². The summed E-state index contributed by atoms with van der Waals surface area (Å²) in [5.74, 6) is 1.91. The average Bonchev–Trinajstić information content (AvgIpc) is 3.85. The number of thiazole rings is 2. The lowest BCUT2D eigenvalue weighted by Gasteiger charge is -2.32. The van der Waals surface area contributed by atoms with Gasteiger partial charge in [-0.2, -0.15) is 10.2 Å². The van der Waals surface area contributed by atoms with Gasteiger partial charge in [0.25, 0.3) is 5.56 Å². The van der Waals surface area contributed by atoms with Gasteiger partial charge in [0.15, 0.2) is 5.65 Å². The predicted molar refractivity (Wildman–Crippen MR) is 171 cm³/mol. The van der Waals surface area contributed by atoms with Crippen molar-refractivity contribution in [3.8, 4) is 0 Å². The molecule has 2 aliphatic rings. The molecule has 0 radical (unpaired) electrons. The fourth-order valence-corrected chi connectivity index (χ4v) is 9.18. The zero-order valence-corrected chi connectivity index (χ0v) is 25.9. The molecule has 0 spiro atoms. The molecule has 6 aromatic rings. The molecular weight excluding hydrogens is 579 g/mol. The second-order valence-corrected chi connectivity index (χ2v) is 14.3. The number of benzene rings is 1. The van der Waals surface area contributed by atoms with Crippen molar-refractivity contribution in [3.05, 3.63) is 67.6 Å². The maximum atomic E-state index is 13.5. The van der Waals surface area contributed by atoms with E-state index < -0.39 is 0 Å². The van der Waals surface area contributed by atoms with Gasteiger partial charge in [0.1, 0.15) is 15.5 Å². The Balaban J connectivity index is 0.943. The summed E-state index contributed by atoms with van der Waals surface area (Å²) < 4.78 is 10.7. The predicted octanol–water partition coefficient (Wildman–Crippen LogP) is 6.58. The van der Waals surface area contributed by atoms with Crippen LogP contribution in [0.25, 0.3) is 32.2 Å². The fraction of sp³-hybridized carbons (Fsp3) is 0.469. The lowest BCUT2D eigenvalue weighted by atomic mass is 9.78. The number of hydrogen-bond acceptors (Lipinski definition) is 8. The summed E-state index contributed by atoms with van der Waals surface area (Å²) in [7, 11) is 1.91. The van der Waals surface area contributed by atoms with E-state index in [2.05, 4.69) is 20.7 Å². The number of hydrogen-bond donors (Lipinski definition) is 1. The lowest BCUT2D eigenvalue weighted by Crippen LogP contribution is -2.25. The monoisotopic (exact) mass is 613 g/mol. The zero-order valence-electron chi connectivity index (χ0n) is 24.3. The van der Waals surface area contributed by atoms with Crippen molar-refractivity contribution in [2.75, 3.05) is 0 Å². The van der Waals surface area contributed by atoms with Gasteiger partial charge in [0.05, 0.1) is 47.6 Å². The van der Waals surface area contributed by atoms with Crippen LogP contribution in [0.15, 0.2) is 40.8 Å². The third kappa shape index (κ3) is 5.11. The summed E-state index contributed by atoms with van der Waals surface area (Å²) in [4.78, 5) is 23.3. The molecule has 1 aromatic carbocycles. The molecule has 2 saturated carbocycles. The standard InChI is InChI=1S/C32H35N7O2S2/c1-38-29-25(15-34-39(32(29)40)16-21-7-4-8-26-24(21)14-33-37-26)30-31(38)36-27(43-30)13-22-18-42-28(35-22)17-41-23-11-9-20(10-12-23)19-5-2-3-6-19/h4,7-8,14-15,18-20,23H,2-3,5-6,9-13,16-17H2,1H3,(H,33,37). The molecule has 9 nitrogen and oxygen atoms in total. The molecule has 11 heteroatoms. The number of nitrogens with one attached hydrogen (secondary N) is 1. The second-order valence-electron chi connectivity index (χ2n) is 12.2. The Morgan fingerprint density at radius 2 is 1.84 bits per heavy atom. The van der Waals surface area contributed by atoms with E-state index in [1.807, 2.05) is 29.8 Å². The van der Waals surface area contributed by atoms with Crippen LogP contribution < -0.4 is 5.56 Å². The van der Waals surface area contributed by atoms with Crippen LogP contribution in [0.3, 0.4) is 0 Å². The first-order valence-corrected chi connectivity index (χ1v) is 17.1. The molecule has 0 amide bonds. The topological polar surface area (TPSA) is 104 Å². The summed E-state index contributed by atoms with van der Waals surface area (Å²) in [6.07, 6.45) is 15.5. The maximum absolute atomic E-state index is 13.5. The Bertz CT molecular complexity index is 1970. The molecule has 222 valence electrons. The smallest absolute Gasteiger partial charge is 0.291 e. The maximum Gasteiger partial charge on any atom is 0.291 e. The van der Waals surface area contributed by atoms with Crippen molar-refractivity contribution in [2.45, 2.75) is 77.0 Å². The highest BCUT2D eigenvalue weighted by atomic mass is 32.1. The van der Waals surface area contributed by atoms with E-state index in [1.165, 1.54) is 56.0 Å². The molecule has 8 rings (SSSR count). The largest absolute Gasteiger partial charge is 0.371 e. The molecule has 0 unspecified atom stereocenters. The van der Waals surface area contributed by atoms with Gasteiger partial charge in [-0.15, -0.1) is 22.7 Å². The molecule has 5 aromatic heterocycles. The molecule has 0 bridgehead atoms. The van der Waals surface area contributed by atoms with Crippen LogP contribution in [-0.4, -0.2) is 40.6 Å². The summed E-state index contributed by atoms with van der Waals surface area (Å²) in [6, 6.07) is 5.94. The third-order valence-corrected chi connectivity index (χ3v) is 11.6. The number of ether oxygens (including phenoxy) is 1. The number of rotatable bonds is 8. The van der Waals surface area contributed by atoms with E-state index in [0.29, 0.717) is 31.2 Å². The van der Waals surface area contributed by atoms with Gasteiger partial charge in [0.2, 0.25) is 0 Å². The fourth-order valence-electron chi connectivity index (χ4n) is 7.35. The van der Waals surface area contributed by atoms with Gasteiger partial charge in [-0.3, -0.25) is 9.89 Å². The van der Waals surface area contributed by atoms with Crippen LogP contribution in [0.1, 0.15) is 72.6 Å². The Kier molecular flexibility index (Phi) is 7.11. The molecule has 0 atom stereocenters. The number of aryl methyl sites for hydroxylation is 1. The van der Waals surface area contributed by atoms with Crippen LogP contribution in [-0.2, 0) is 31.4 Å². The van der Waals surface area contributed by atoms with Gasteiger partial charge in [0, 0.05) is 29.6 Å². The Morgan fingerprint density at radius 3 is 2.70 bits per heavy atom. The summed E-state index contributed by atoms with van der Waals surface area (Å²) in [5.41, 5.74) is 4.28. The van der Waals surface area contributed by atoms with E-state index in [9.17, 15) is 4.79 Å². The highest BCUT2D eigenvalue weighted by Crippen LogP contribution is 2.40. The van der Waals surface area contributed by atoms with Gasteiger partial charge in [-0.1, -0.05) is 37.8 Å². The van der Waals surface area contributed by atoms with Crippen molar-refractivity contribution in [1.82, 2.24) is 34.5 Å². The minimum absolute atomic E-state index is 0.122. The Morgan fingerprint density at radius 1 is 1.00 bits per heavy atom. The number of nitrogens with zero attached hydrogens (tertiary/aromatic N) is 6. The molecule has 43 heavy (non-hydrogen) atoms. The van der Waals surface area contributed by atoms with Crippen LogP contribution >= 0.6 is 22.7 Å². The quantitative estimate of drug-likeness (QED) is 0.208. The second kappa shape index (κ2) is 11.3. The number of aromatic amines is 1. The normalized spacial score (nSPS) is 19.8. The summed E-state index contributed by atoms with van der Waals surface area (Å²) >= 11 is 3.29. The highest BCUT2D eigenvalue weighted by Gasteiger charge is 2.29. The molecule has 2 fully saturated rings. The van der Waals surface area contributed by atoms with E-state index in [-0.39, 0.29) is 5.56 Å². The first kappa shape index (κ1) is 27.2. The molecule has 1 N–H and O–H groups in total. The zero-order chi connectivity index (χ0) is 28.9. The van der Waals surface area contributed by atoms with E-state index in [1.54, 1.807) is 35.1 Å². The van der Waals surface area contributed by atoms with Crippen LogP contribution in [0, 0.1) is 11.8 Å². The van der Waals surface area contributed by atoms with E-state index in [4.69, 9.17) is 14.7 Å². The van der Waals surface area contributed by atoms with Gasteiger partial charge >= 0.3 is 0 Å². The Hall–Kier alpha value is -3.41. The van der Waals surface area contributed by atoms with Crippen molar-refractivity contribution in [1.29, 1.82) is 0 Å². The summed E-state index contributed by atoms with van der Waals surface area (Å²) in [5, 5.41) is 17.7. The average molecular weight is 614 g/mol. The molecule has 0 aliphatic heterocycles. The summed E-state index contributed by atoms with van der Waals surface area (Å²) in [6.45, 7) is 0.974. The molecule has 5 heterocycles. The van der Waals surface area contributed by atoms with Crippen LogP contribution in [0.5, 0.6) is 0 Å². The number of H-pyrrole nitrogens is 1. The minimum Gasteiger partial charge on any atom is -0.371 e. The lowest BCUT2D eigenvalue weighted by molar-refractivity contribution is 0.000958. The van der Waals surface area contributed by atoms with E-state index in [0.717, 1.165) is 59.7 Å². The third-order valence-electron chi connectivity index (χ3n) is 9.62. The van der Waals surface area contributed by atoms with Crippen molar-refractivity contribution in [3.63, 3.8) is 0 Å². The molecule has 0 saturated heterocycles. The number of aromatic nitrogens is 7. The Labute approximate surface area is 256 Å². The van der Waals surface area contributed by atoms with Gasteiger partial charge in [-0.05, 0) is 49.1 Å². The van der Waals surface area contributed by atoms with Crippen LogP contribution in [0.4, 0.5) is 0 Å².